The summed E-state index contributed by atoms with van der Waals surface area (Å²) in [6.07, 6.45) is 0.716. The number of carbonyl (C=O) groups is 1. The Kier molecular flexibility index (Phi) is 3.88. The van der Waals surface area contributed by atoms with Gasteiger partial charge in [-0.25, -0.2) is 0 Å². The summed E-state index contributed by atoms with van der Waals surface area (Å²) in [5, 5.41) is 10.0. The molecule has 1 N–H and O–H groups in total. The number of likely N-dealkylation sites (tertiary alicyclic amines) is 1. The minimum absolute atomic E-state index is 0.603. The summed E-state index contributed by atoms with van der Waals surface area (Å²) in [6.45, 7) is 8.20. The van der Waals surface area contributed by atoms with Gasteiger partial charge in [0.15, 0.2) is 0 Å². The molecule has 1 unspecified atom stereocenters. The number of halogens is 1. The summed E-state index contributed by atoms with van der Waals surface area (Å²) in [6, 6.07) is 3.94. The molecule has 0 amide bonds. The van der Waals surface area contributed by atoms with E-state index in [9.17, 15) is 9.90 Å². The van der Waals surface area contributed by atoms with Crippen LogP contribution in [0.2, 0.25) is 5.02 Å². The van der Waals surface area contributed by atoms with Crippen LogP contribution in [-0.4, -0.2) is 29.1 Å². The summed E-state index contributed by atoms with van der Waals surface area (Å²) in [7, 11) is 0. The van der Waals surface area contributed by atoms with Crippen molar-refractivity contribution >= 4 is 17.6 Å². The molecule has 1 atom stereocenters. The highest BCUT2D eigenvalue weighted by molar-refractivity contribution is 6.30. The highest BCUT2D eigenvalue weighted by Gasteiger charge is 2.40. The van der Waals surface area contributed by atoms with Gasteiger partial charge in [-0.2, -0.15) is 0 Å². The molecule has 1 heterocycles. The molecule has 0 saturated carbocycles. The van der Waals surface area contributed by atoms with Gasteiger partial charge in [0, 0.05) is 18.1 Å². The molecule has 1 fully saturated rings. The van der Waals surface area contributed by atoms with Gasteiger partial charge in [-0.1, -0.05) is 11.6 Å². The van der Waals surface area contributed by atoms with Crippen molar-refractivity contribution < 1.29 is 9.90 Å². The van der Waals surface area contributed by atoms with Gasteiger partial charge in [-0.15, -0.1) is 0 Å². The molecule has 3 nitrogen and oxygen atoms in total. The summed E-state index contributed by atoms with van der Waals surface area (Å²) < 4.78 is 0. The molecule has 104 valence electrons. The van der Waals surface area contributed by atoms with Crippen molar-refractivity contribution in [2.75, 3.05) is 13.1 Å². The van der Waals surface area contributed by atoms with E-state index in [1.807, 2.05) is 19.1 Å². The number of nitrogens with zero attached hydrogens (tertiary/aromatic N) is 1. The lowest BCUT2D eigenvalue weighted by Gasteiger charge is -2.22. The standard InChI is InChI=1S/C15H20ClNO2/c1-10-6-12(16)7-11(2)13(10)8-17-5-4-15(3,9-17)14(18)19/h6-7H,4-5,8-9H2,1-3H3,(H,18,19). The number of hydrogen-bond donors (Lipinski definition) is 1. The maximum absolute atomic E-state index is 11.3. The van der Waals surface area contributed by atoms with Crippen LogP contribution in [0.25, 0.3) is 0 Å². The average Bonchev–Trinajstić information content (AvgIpc) is 2.67. The number of benzene rings is 1. The van der Waals surface area contributed by atoms with Gasteiger partial charge in [0.2, 0.25) is 0 Å². The highest BCUT2D eigenvalue weighted by atomic mass is 35.5. The Hall–Kier alpha value is -1.06. The maximum atomic E-state index is 11.3. The fourth-order valence-corrected chi connectivity index (χ4v) is 3.11. The lowest BCUT2D eigenvalue weighted by Crippen LogP contribution is -2.31. The molecule has 1 saturated heterocycles. The lowest BCUT2D eigenvalue weighted by molar-refractivity contribution is -0.147. The van der Waals surface area contributed by atoms with Gasteiger partial charge in [0.25, 0.3) is 0 Å². The highest BCUT2D eigenvalue weighted by Crippen LogP contribution is 2.32. The molecule has 1 aromatic rings. The molecule has 1 aromatic carbocycles. The van der Waals surface area contributed by atoms with E-state index in [-0.39, 0.29) is 0 Å². The molecular formula is C15H20ClNO2. The van der Waals surface area contributed by atoms with Gasteiger partial charge in [-0.05, 0) is 62.6 Å². The van der Waals surface area contributed by atoms with Crippen LogP contribution in [0.4, 0.5) is 0 Å². The molecule has 0 aliphatic carbocycles. The van der Waals surface area contributed by atoms with E-state index in [0.717, 1.165) is 18.1 Å². The molecule has 0 spiro atoms. The Balaban J connectivity index is 2.14. The molecule has 0 aromatic heterocycles. The average molecular weight is 282 g/mol. The van der Waals surface area contributed by atoms with Crippen LogP contribution in [0.15, 0.2) is 12.1 Å². The third-order valence-electron chi connectivity index (χ3n) is 4.11. The van der Waals surface area contributed by atoms with E-state index < -0.39 is 11.4 Å². The fraction of sp³-hybridized carbons (Fsp3) is 0.533. The second-order valence-corrected chi connectivity index (χ2v) is 6.28. The van der Waals surface area contributed by atoms with E-state index in [1.165, 1.54) is 16.7 Å². The van der Waals surface area contributed by atoms with Crippen LogP contribution >= 0.6 is 11.6 Å². The van der Waals surface area contributed by atoms with E-state index in [1.54, 1.807) is 0 Å². The summed E-state index contributed by atoms with van der Waals surface area (Å²) in [5.74, 6) is -0.695. The zero-order valence-corrected chi connectivity index (χ0v) is 12.4. The van der Waals surface area contributed by atoms with Crippen LogP contribution in [0, 0.1) is 19.3 Å². The predicted octanol–water partition coefficient (Wildman–Crippen LogP) is 3.25. The second-order valence-electron chi connectivity index (χ2n) is 5.84. The second kappa shape index (κ2) is 5.14. The first-order chi connectivity index (χ1) is 8.82. The molecule has 4 heteroatoms. The first-order valence-corrected chi connectivity index (χ1v) is 6.91. The quantitative estimate of drug-likeness (QED) is 0.924. The van der Waals surface area contributed by atoms with Crippen molar-refractivity contribution in [3.05, 3.63) is 33.8 Å². The largest absolute Gasteiger partial charge is 0.481 e. The summed E-state index contributed by atoms with van der Waals surface area (Å²) >= 11 is 6.03. The number of carboxylic acid groups (broad SMARTS) is 1. The van der Waals surface area contributed by atoms with E-state index in [2.05, 4.69) is 18.7 Å². The Bertz CT molecular complexity index is 492. The SMILES string of the molecule is Cc1cc(Cl)cc(C)c1CN1CCC(C)(C(=O)O)C1. The Morgan fingerprint density at radius 2 is 2.00 bits per heavy atom. The van der Waals surface area contributed by atoms with Crippen molar-refractivity contribution in [2.45, 2.75) is 33.7 Å². The predicted molar refractivity (Wildman–Crippen MR) is 76.6 cm³/mol. The first-order valence-electron chi connectivity index (χ1n) is 6.53. The van der Waals surface area contributed by atoms with Gasteiger partial charge in [0.05, 0.1) is 5.41 Å². The zero-order chi connectivity index (χ0) is 14.2. The van der Waals surface area contributed by atoms with Crippen LogP contribution in [0.3, 0.4) is 0 Å². The molecular weight excluding hydrogens is 262 g/mol. The fourth-order valence-electron chi connectivity index (χ4n) is 2.78. The minimum Gasteiger partial charge on any atom is -0.481 e. The minimum atomic E-state index is -0.695. The number of aryl methyl sites for hydroxylation is 2. The molecule has 0 bridgehead atoms. The zero-order valence-electron chi connectivity index (χ0n) is 11.7. The Morgan fingerprint density at radius 1 is 1.42 bits per heavy atom. The number of carboxylic acids is 1. The molecule has 19 heavy (non-hydrogen) atoms. The van der Waals surface area contributed by atoms with E-state index in [4.69, 9.17) is 11.6 Å². The number of aliphatic carboxylic acids is 1. The van der Waals surface area contributed by atoms with Crippen molar-refractivity contribution in [3.8, 4) is 0 Å². The monoisotopic (exact) mass is 281 g/mol. The topological polar surface area (TPSA) is 40.5 Å². The Labute approximate surface area is 119 Å². The van der Waals surface area contributed by atoms with Gasteiger partial charge >= 0.3 is 5.97 Å². The third-order valence-corrected chi connectivity index (χ3v) is 4.33. The van der Waals surface area contributed by atoms with Crippen LogP contribution in [-0.2, 0) is 11.3 Å². The van der Waals surface area contributed by atoms with E-state index in [0.29, 0.717) is 13.0 Å². The van der Waals surface area contributed by atoms with Crippen LogP contribution in [0.5, 0.6) is 0 Å². The van der Waals surface area contributed by atoms with Crippen molar-refractivity contribution in [1.82, 2.24) is 4.90 Å². The normalized spacial score (nSPS) is 23.8. The number of hydrogen-bond acceptors (Lipinski definition) is 2. The van der Waals surface area contributed by atoms with Crippen LogP contribution in [0.1, 0.15) is 30.0 Å². The first kappa shape index (κ1) is 14.4. The smallest absolute Gasteiger partial charge is 0.310 e. The van der Waals surface area contributed by atoms with Crippen molar-refractivity contribution in [3.63, 3.8) is 0 Å². The lowest BCUT2D eigenvalue weighted by atomic mass is 9.90. The van der Waals surface area contributed by atoms with Crippen LogP contribution < -0.4 is 0 Å². The maximum Gasteiger partial charge on any atom is 0.310 e. The molecule has 2 rings (SSSR count). The van der Waals surface area contributed by atoms with Gasteiger partial charge in [-0.3, -0.25) is 9.69 Å². The summed E-state index contributed by atoms with van der Waals surface area (Å²) in [5.41, 5.74) is 3.01. The third kappa shape index (κ3) is 2.93. The van der Waals surface area contributed by atoms with Crippen molar-refractivity contribution in [2.24, 2.45) is 5.41 Å². The molecule has 1 aliphatic heterocycles. The number of rotatable bonds is 3. The Morgan fingerprint density at radius 3 is 2.47 bits per heavy atom. The summed E-state index contributed by atoms with van der Waals surface area (Å²) in [4.78, 5) is 13.5. The van der Waals surface area contributed by atoms with Gasteiger partial charge in [0.1, 0.15) is 0 Å². The van der Waals surface area contributed by atoms with E-state index >= 15 is 0 Å². The molecule has 1 aliphatic rings. The molecule has 0 radical (unpaired) electrons. The van der Waals surface area contributed by atoms with Gasteiger partial charge < -0.3 is 5.11 Å². The van der Waals surface area contributed by atoms with Crippen molar-refractivity contribution in [1.29, 1.82) is 0 Å².